The Balaban J connectivity index is -0.000000845. The topological polar surface area (TPSA) is 124 Å². The minimum atomic E-state index is -4.76. The number of rotatable bonds is 6. The predicted octanol–water partition coefficient (Wildman–Crippen LogP) is -7.29. The van der Waals surface area contributed by atoms with Crippen molar-refractivity contribution in [2.45, 2.75) is 13.3 Å². The molecule has 11 heteroatoms. The van der Waals surface area contributed by atoms with Gasteiger partial charge in [-0.05, 0) is 13.0 Å². The number of hydrogen-bond acceptors (Lipinski definition) is 5. The van der Waals surface area contributed by atoms with Crippen LogP contribution in [0.15, 0.2) is 0 Å². The molecule has 2 N–H and O–H groups in total. The molecule has 0 aliphatic heterocycles. The monoisotopic (exact) mass is 323 g/mol. The summed E-state index contributed by atoms with van der Waals surface area (Å²) in [6.07, 6.45) is -1.03. The molecule has 0 aromatic heterocycles. The van der Waals surface area contributed by atoms with Crippen LogP contribution in [-0.2, 0) is 9.13 Å². The van der Waals surface area contributed by atoms with E-state index < -0.39 is 27.8 Å². The quantitative estimate of drug-likeness (QED) is 0.367. The SMILES string of the molecule is CCCN(CP(=O)([O-])[O-])CP(=O)(O)O.[K+].[K+]. The van der Waals surface area contributed by atoms with Crippen LogP contribution in [0.2, 0.25) is 0 Å². The summed E-state index contributed by atoms with van der Waals surface area (Å²) in [7, 11) is -9.07. The molecule has 0 fully saturated rings. The summed E-state index contributed by atoms with van der Waals surface area (Å²) in [5, 5.41) is 0. The molecule has 0 saturated carbocycles. The predicted molar refractivity (Wildman–Crippen MR) is 46.4 cm³/mol. The van der Waals surface area contributed by atoms with Gasteiger partial charge in [0.1, 0.15) is 6.29 Å². The van der Waals surface area contributed by atoms with Gasteiger partial charge < -0.3 is 24.1 Å². The first-order valence-electron chi connectivity index (χ1n) is 3.92. The Labute approximate surface area is 180 Å². The molecule has 0 saturated heterocycles. The third kappa shape index (κ3) is 17.5. The second-order valence-corrected chi connectivity index (χ2v) is 6.07. The summed E-state index contributed by atoms with van der Waals surface area (Å²) in [6, 6.07) is 0. The van der Waals surface area contributed by atoms with E-state index in [0.29, 0.717) is 6.42 Å². The van der Waals surface area contributed by atoms with Crippen molar-refractivity contribution >= 4 is 15.2 Å². The maximum absolute atomic E-state index is 10.6. The van der Waals surface area contributed by atoms with E-state index >= 15 is 0 Å². The molecule has 7 nitrogen and oxygen atoms in total. The third-order valence-electron chi connectivity index (χ3n) is 1.30. The van der Waals surface area contributed by atoms with E-state index in [1.165, 1.54) is 0 Å². The minimum absolute atomic E-state index is 0. The van der Waals surface area contributed by atoms with E-state index in [9.17, 15) is 18.9 Å². The summed E-state index contributed by atoms with van der Waals surface area (Å²) < 4.78 is 20.9. The Morgan fingerprint density at radius 1 is 1.12 bits per heavy atom. The van der Waals surface area contributed by atoms with Crippen LogP contribution >= 0.6 is 15.2 Å². The Hall–Kier alpha value is 3.53. The van der Waals surface area contributed by atoms with Crippen molar-refractivity contribution in [3.05, 3.63) is 0 Å². The van der Waals surface area contributed by atoms with Gasteiger partial charge in [-0.15, -0.1) is 0 Å². The molecule has 0 rings (SSSR count). The van der Waals surface area contributed by atoms with Crippen molar-refractivity contribution in [1.82, 2.24) is 4.90 Å². The zero-order chi connectivity index (χ0) is 11.4. The van der Waals surface area contributed by atoms with E-state index in [1.54, 1.807) is 6.92 Å². The minimum Gasteiger partial charge on any atom is -0.810 e. The van der Waals surface area contributed by atoms with Gasteiger partial charge >= 0.3 is 110 Å². The third-order valence-corrected chi connectivity index (χ3v) is 2.81. The van der Waals surface area contributed by atoms with Crippen LogP contribution in [0.25, 0.3) is 0 Å². The molecule has 0 aliphatic carbocycles. The molecule has 0 aromatic rings. The first kappa shape index (κ1) is 24.5. The Morgan fingerprint density at radius 2 is 1.56 bits per heavy atom. The van der Waals surface area contributed by atoms with Crippen molar-refractivity contribution < 1.29 is 131 Å². The molecule has 16 heavy (non-hydrogen) atoms. The van der Waals surface area contributed by atoms with Gasteiger partial charge in [0.2, 0.25) is 0 Å². The molecule has 0 heterocycles. The number of hydrogen-bond donors (Lipinski definition) is 2. The molecular formula is C5H13K2NO6P2. The van der Waals surface area contributed by atoms with Crippen molar-refractivity contribution in [2.75, 3.05) is 19.1 Å². The van der Waals surface area contributed by atoms with E-state index in [2.05, 4.69) is 0 Å². The average molecular weight is 323 g/mol. The summed E-state index contributed by atoms with van der Waals surface area (Å²) in [4.78, 5) is 38.9. The molecule has 0 atom stereocenters. The molecule has 0 spiro atoms. The van der Waals surface area contributed by atoms with Gasteiger partial charge in [-0.25, -0.2) is 0 Å². The fraction of sp³-hybridized carbons (Fsp3) is 1.00. The molecule has 0 aliphatic rings. The summed E-state index contributed by atoms with van der Waals surface area (Å²) >= 11 is 0. The Kier molecular flexibility index (Phi) is 17.2. The standard InChI is InChI=1S/C5H15NO6P2.2K/c1-2-3-6(4-13(7,8)9)5-14(10,11)12;;/h2-5H2,1H3,(H2,7,8,9)(H2,10,11,12);;/q;2*+1/p-2. The molecule has 0 bridgehead atoms. The van der Waals surface area contributed by atoms with Crippen LogP contribution < -0.4 is 113 Å². The first-order valence-corrected chi connectivity index (χ1v) is 7.44. The maximum atomic E-state index is 10.6. The second kappa shape index (κ2) is 11.2. The Bertz CT molecular complexity index is 242. The largest absolute Gasteiger partial charge is 1.00 e. The van der Waals surface area contributed by atoms with E-state index in [4.69, 9.17) is 9.79 Å². The smallest absolute Gasteiger partial charge is 0.810 e. The van der Waals surface area contributed by atoms with Crippen LogP contribution in [-0.4, -0.2) is 33.8 Å². The van der Waals surface area contributed by atoms with Gasteiger partial charge in [0, 0.05) is 6.29 Å². The van der Waals surface area contributed by atoms with Crippen LogP contribution in [0.1, 0.15) is 13.3 Å². The molecular weight excluding hydrogens is 310 g/mol. The van der Waals surface area contributed by atoms with Gasteiger partial charge in [-0.3, -0.25) is 9.46 Å². The molecule has 0 aromatic carbocycles. The van der Waals surface area contributed by atoms with Crippen LogP contribution in [0.5, 0.6) is 0 Å². The zero-order valence-corrected chi connectivity index (χ0v) is 17.7. The van der Waals surface area contributed by atoms with E-state index in [0.717, 1.165) is 4.90 Å². The number of nitrogens with zero attached hydrogens (tertiary/aromatic N) is 1. The fourth-order valence-corrected chi connectivity index (χ4v) is 2.66. The van der Waals surface area contributed by atoms with E-state index in [-0.39, 0.29) is 109 Å². The first-order chi connectivity index (χ1) is 6.14. The molecule has 0 amide bonds. The average Bonchev–Trinajstić information content (AvgIpc) is 1.78. The molecule has 0 unspecified atom stereocenters. The van der Waals surface area contributed by atoms with Crippen molar-refractivity contribution in [3.63, 3.8) is 0 Å². The van der Waals surface area contributed by atoms with Crippen LogP contribution in [0, 0.1) is 0 Å². The summed E-state index contributed by atoms with van der Waals surface area (Å²) in [6.45, 7) is 1.88. The van der Waals surface area contributed by atoms with Gasteiger partial charge in [0.25, 0.3) is 0 Å². The van der Waals surface area contributed by atoms with Crippen molar-refractivity contribution in [1.29, 1.82) is 0 Å². The van der Waals surface area contributed by atoms with Gasteiger partial charge in [-0.1, -0.05) is 14.5 Å². The second-order valence-electron chi connectivity index (χ2n) is 2.95. The van der Waals surface area contributed by atoms with Crippen LogP contribution in [0.4, 0.5) is 0 Å². The van der Waals surface area contributed by atoms with Crippen LogP contribution in [0.3, 0.4) is 0 Å². The fourth-order valence-electron chi connectivity index (χ4n) is 1.01. The molecule has 86 valence electrons. The normalized spacial score (nSPS) is 11.9. The summed E-state index contributed by atoms with van der Waals surface area (Å²) in [5.41, 5.74) is 0. The van der Waals surface area contributed by atoms with Gasteiger partial charge in [-0.2, -0.15) is 0 Å². The maximum Gasteiger partial charge on any atom is 1.00 e. The summed E-state index contributed by atoms with van der Waals surface area (Å²) in [5.74, 6) is 0. The van der Waals surface area contributed by atoms with Gasteiger partial charge in [0.15, 0.2) is 0 Å². The van der Waals surface area contributed by atoms with Crippen molar-refractivity contribution in [3.8, 4) is 0 Å². The van der Waals surface area contributed by atoms with Crippen molar-refractivity contribution in [2.24, 2.45) is 0 Å². The Morgan fingerprint density at radius 3 is 1.81 bits per heavy atom. The van der Waals surface area contributed by atoms with E-state index in [1.807, 2.05) is 0 Å². The molecule has 0 radical (unpaired) electrons. The van der Waals surface area contributed by atoms with Gasteiger partial charge in [0.05, 0.1) is 0 Å². The zero-order valence-electron chi connectivity index (χ0n) is 9.70.